The SMILES string of the molecule is COc1cccc(CN2CC[C@@H](Cc3cnn(C)c3)C2)n1. The molecule has 0 bridgehead atoms. The first-order valence-electron chi connectivity index (χ1n) is 7.43. The van der Waals surface area contributed by atoms with E-state index in [1.807, 2.05) is 30.1 Å². The Morgan fingerprint density at radius 3 is 3.05 bits per heavy atom. The quantitative estimate of drug-likeness (QED) is 0.842. The van der Waals surface area contributed by atoms with Gasteiger partial charge >= 0.3 is 0 Å². The lowest BCUT2D eigenvalue weighted by molar-refractivity contribution is 0.309. The third kappa shape index (κ3) is 3.61. The highest BCUT2D eigenvalue weighted by atomic mass is 16.5. The molecule has 0 radical (unpaired) electrons. The zero-order valence-corrected chi connectivity index (χ0v) is 12.7. The van der Waals surface area contributed by atoms with Gasteiger partial charge in [0.25, 0.3) is 0 Å². The second kappa shape index (κ2) is 6.26. The highest BCUT2D eigenvalue weighted by molar-refractivity contribution is 5.15. The van der Waals surface area contributed by atoms with E-state index in [9.17, 15) is 0 Å². The maximum absolute atomic E-state index is 5.18. The maximum Gasteiger partial charge on any atom is 0.213 e. The third-order valence-electron chi connectivity index (χ3n) is 4.03. The van der Waals surface area contributed by atoms with Gasteiger partial charge in [-0.25, -0.2) is 4.98 Å². The van der Waals surface area contributed by atoms with Gasteiger partial charge in [0, 0.05) is 32.4 Å². The molecule has 21 heavy (non-hydrogen) atoms. The van der Waals surface area contributed by atoms with Crippen molar-refractivity contribution in [2.75, 3.05) is 20.2 Å². The summed E-state index contributed by atoms with van der Waals surface area (Å²) in [6, 6.07) is 5.96. The Morgan fingerprint density at radius 2 is 2.29 bits per heavy atom. The summed E-state index contributed by atoms with van der Waals surface area (Å²) in [6.07, 6.45) is 6.47. The van der Waals surface area contributed by atoms with E-state index in [0.29, 0.717) is 5.88 Å². The minimum atomic E-state index is 0.693. The van der Waals surface area contributed by atoms with Crippen molar-refractivity contribution in [2.24, 2.45) is 13.0 Å². The van der Waals surface area contributed by atoms with E-state index in [4.69, 9.17) is 4.74 Å². The molecule has 3 heterocycles. The number of methoxy groups -OCH3 is 1. The van der Waals surface area contributed by atoms with Crippen LogP contribution in [0, 0.1) is 5.92 Å². The molecule has 1 aliphatic heterocycles. The van der Waals surface area contributed by atoms with Crippen LogP contribution < -0.4 is 4.74 Å². The molecule has 1 fully saturated rings. The number of nitrogens with zero attached hydrogens (tertiary/aromatic N) is 4. The minimum absolute atomic E-state index is 0.693. The first-order chi connectivity index (χ1) is 10.2. The van der Waals surface area contributed by atoms with Crippen molar-refractivity contribution in [2.45, 2.75) is 19.4 Å². The predicted molar refractivity (Wildman–Crippen MR) is 81.1 cm³/mol. The molecular formula is C16H22N4O. The van der Waals surface area contributed by atoms with Gasteiger partial charge in [-0.1, -0.05) is 6.07 Å². The Kier molecular flexibility index (Phi) is 4.20. The predicted octanol–water partition coefficient (Wildman–Crippen LogP) is 1.89. The van der Waals surface area contributed by atoms with Crippen molar-refractivity contribution >= 4 is 0 Å². The molecule has 0 amide bonds. The molecule has 5 nitrogen and oxygen atoms in total. The van der Waals surface area contributed by atoms with Gasteiger partial charge in [-0.3, -0.25) is 9.58 Å². The molecule has 0 spiro atoms. The van der Waals surface area contributed by atoms with Crippen molar-refractivity contribution in [3.63, 3.8) is 0 Å². The van der Waals surface area contributed by atoms with Crippen LogP contribution in [0.3, 0.4) is 0 Å². The molecule has 1 saturated heterocycles. The van der Waals surface area contributed by atoms with E-state index in [0.717, 1.165) is 37.7 Å². The van der Waals surface area contributed by atoms with Gasteiger partial charge in [0.05, 0.1) is 19.0 Å². The van der Waals surface area contributed by atoms with Crippen LogP contribution in [-0.4, -0.2) is 39.9 Å². The van der Waals surface area contributed by atoms with Gasteiger partial charge in [0.15, 0.2) is 0 Å². The number of likely N-dealkylation sites (tertiary alicyclic amines) is 1. The van der Waals surface area contributed by atoms with E-state index in [1.165, 1.54) is 12.0 Å². The van der Waals surface area contributed by atoms with Crippen LogP contribution in [0.15, 0.2) is 30.6 Å². The van der Waals surface area contributed by atoms with Crippen molar-refractivity contribution in [1.29, 1.82) is 0 Å². The number of aromatic nitrogens is 3. The lowest BCUT2D eigenvalue weighted by Gasteiger charge is -2.15. The highest BCUT2D eigenvalue weighted by Crippen LogP contribution is 2.22. The zero-order valence-electron chi connectivity index (χ0n) is 12.7. The standard InChI is InChI=1S/C16H22N4O/c1-19-10-14(9-17-19)8-13-6-7-20(11-13)12-15-4-3-5-16(18-15)21-2/h3-5,9-10,13H,6-8,11-12H2,1-2H3/t13-/m0/s1. The van der Waals surface area contributed by atoms with Crippen LogP contribution in [0.2, 0.25) is 0 Å². The van der Waals surface area contributed by atoms with E-state index in [-0.39, 0.29) is 0 Å². The van der Waals surface area contributed by atoms with Crippen molar-refractivity contribution in [3.05, 3.63) is 41.9 Å². The van der Waals surface area contributed by atoms with Crippen LogP contribution >= 0.6 is 0 Å². The average molecular weight is 286 g/mol. The Bertz CT molecular complexity index is 595. The van der Waals surface area contributed by atoms with Gasteiger partial charge in [0.1, 0.15) is 0 Å². The Morgan fingerprint density at radius 1 is 1.38 bits per heavy atom. The monoisotopic (exact) mass is 286 g/mol. The summed E-state index contributed by atoms with van der Waals surface area (Å²) in [5.41, 5.74) is 2.42. The first kappa shape index (κ1) is 14.1. The molecule has 5 heteroatoms. The first-order valence-corrected chi connectivity index (χ1v) is 7.43. The molecule has 1 atom stereocenters. The number of ether oxygens (including phenoxy) is 1. The number of aryl methyl sites for hydroxylation is 1. The average Bonchev–Trinajstić information content (AvgIpc) is 3.09. The fraction of sp³-hybridized carbons (Fsp3) is 0.500. The summed E-state index contributed by atoms with van der Waals surface area (Å²) in [7, 11) is 3.63. The maximum atomic E-state index is 5.18. The van der Waals surface area contributed by atoms with Crippen molar-refractivity contribution in [1.82, 2.24) is 19.7 Å². The summed E-state index contributed by atoms with van der Waals surface area (Å²) in [4.78, 5) is 6.96. The lowest BCUT2D eigenvalue weighted by Crippen LogP contribution is -2.21. The van der Waals surface area contributed by atoms with Gasteiger partial charge in [-0.15, -0.1) is 0 Å². The van der Waals surface area contributed by atoms with E-state index < -0.39 is 0 Å². The van der Waals surface area contributed by atoms with Gasteiger partial charge in [-0.05, 0) is 36.9 Å². The molecule has 3 rings (SSSR count). The zero-order chi connectivity index (χ0) is 14.7. The molecule has 2 aromatic rings. The molecular weight excluding hydrogens is 264 g/mol. The smallest absolute Gasteiger partial charge is 0.213 e. The van der Waals surface area contributed by atoms with Crippen molar-refractivity contribution in [3.8, 4) is 5.88 Å². The summed E-state index contributed by atoms with van der Waals surface area (Å²) in [5.74, 6) is 1.42. The number of hydrogen-bond acceptors (Lipinski definition) is 4. The number of pyridine rings is 1. The van der Waals surface area contributed by atoms with Gasteiger partial charge < -0.3 is 4.74 Å². The third-order valence-corrected chi connectivity index (χ3v) is 4.03. The topological polar surface area (TPSA) is 43.2 Å². The Hall–Kier alpha value is -1.88. The van der Waals surface area contributed by atoms with E-state index >= 15 is 0 Å². The highest BCUT2D eigenvalue weighted by Gasteiger charge is 2.23. The second-order valence-electron chi connectivity index (χ2n) is 5.79. The summed E-state index contributed by atoms with van der Waals surface area (Å²) in [5, 5.41) is 4.24. The fourth-order valence-electron chi connectivity index (χ4n) is 3.02. The number of rotatable bonds is 5. The van der Waals surface area contributed by atoms with Crippen LogP contribution in [0.1, 0.15) is 17.7 Å². The summed E-state index contributed by atoms with van der Waals surface area (Å²) in [6.45, 7) is 3.18. The molecule has 2 aromatic heterocycles. The molecule has 112 valence electrons. The van der Waals surface area contributed by atoms with E-state index in [1.54, 1.807) is 7.11 Å². The molecule has 0 aliphatic carbocycles. The molecule has 0 unspecified atom stereocenters. The largest absolute Gasteiger partial charge is 0.481 e. The fourth-order valence-corrected chi connectivity index (χ4v) is 3.02. The van der Waals surface area contributed by atoms with Gasteiger partial charge in [-0.2, -0.15) is 5.10 Å². The second-order valence-corrected chi connectivity index (χ2v) is 5.79. The molecule has 0 aromatic carbocycles. The van der Waals surface area contributed by atoms with Crippen LogP contribution in [0.4, 0.5) is 0 Å². The normalized spacial score (nSPS) is 19.0. The Labute approximate surface area is 125 Å². The lowest BCUT2D eigenvalue weighted by atomic mass is 10.0. The summed E-state index contributed by atoms with van der Waals surface area (Å²) >= 11 is 0. The van der Waals surface area contributed by atoms with Crippen LogP contribution in [0.5, 0.6) is 5.88 Å². The van der Waals surface area contributed by atoms with E-state index in [2.05, 4.69) is 27.2 Å². The summed E-state index contributed by atoms with van der Waals surface area (Å²) < 4.78 is 7.06. The number of hydrogen-bond donors (Lipinski definition) is 0. The molecule has 0 N–H and O–H groups in total. The van der Waals surface area contributed by atoms with Gasteiger partial charge in [0.2, 0.25) is 5.88 Å². The molecule has 0 saturated carbocycles. The molecule has 1 aliphatic rings. The van der Waals surface area contributed by atoms with Crippen LogP contribution in [0.25, 0.3) is 0 Å². The minimum Gasteiger partial charge on any atom is -0.481 e. The van der Waals surface area contributed by atoms with Crippen LogP contribution in [-0.2, 0) is 20.0 Å². The Balaban J connectivity index is 1.54. The van der Waals surface area contributed by atoms with Crippen molar-refractivity contribution < 1.29 is 4.74 Å².